The van der Waals surface area contributed by atoms with Crippen molar-refractivity contribution in [2.45, 2.75) is 26.3 Å². The summed E-state index contributed by atoms with van der Waals surface area (Å²) in [6, 6.07) is 0. The summed E-state index contributed by atoms with van der Waals surface area (Å²) in [5.41, 5.74) is 5.66. The normalized spacial score (nSPS) is 10.9. The average molecular weight is 312 g/mol. The molecule has 4 N–H and O–H groups in total. The number of terminal acetylenes is 1. The Kier molecular flexibility index (Phi) is 6.17. The zero-order valence-corrected chi connectivity index (χ0v) is 13.6. The number of carbonyl (C=O) groups excluding carboxylic acids is 1. The van der Waals surface area contributed by atoms with Gasteiger partial charge in [0.25, 0.3) is 5.91 Å². The van der Waals surface area contributed by atoms with Gasteiger partial charge in [-0.1, -0.05) is 17.3 Å². The molecule has 0 unspecified atom stereocenters. The van der Waals surface area contributed by atoms with Gasteiger partial charge in [0.1, 0.15) is 10.7 Å². The molecule has 0 aliphatic heterocycles. The Morgan fingerprint density at radius 1 is 1.55 bits per heavy atom. The van der Waals surface area contributed by atoms with E-state index in [1.165, 1.54) is 11.3 Å². The van der Waals surface area contributed by atoms with Crippen LogP contribution in [-0.2, 0) is 0 Å². The quantitative estimate of drug-likeness (QED) is 0.553. The molecule has 20 heavy (non-hydrogen) atoms. The summed E-state index contributed by atoms with van der Waals surface area (Å²) in [6.07, 6.45) is 5.15. The van der Waals surface area contributed by atoms with Crippen molar-refractivity contribution in [3.8, 4) is 12.3 Å². The van der Waals surface area contributed by atoms with Crippen molar-refractivity contribution in [1.29, 1.82) is 0 Å². The summed E-state index contributed by atoms with van der Waals surface area (Å²) in [6.45, 7) is 6.62. The van der Waals surface area contributed by atoms with Gasteiger partial charge in [0, 0.05) is 17.8 Å². The number of thioether (sulfide) groups is 1. The first kappa shape index (κ1) is 16.7. The van der Waals surface area contributed by atoms with Gasteiger partial charge in [-0.05, 0) is 20.8 Å². The van der Waals surface area contributed by atoms with Crippen molar-refractivity contribution in [3.05, 3.63) is 4.88 Å². The van der Waals surface area contributed by atoms with E-state index in [2.05, 4.69) is 21.5 Å². The van der Waals surface area contributed by atoms with Crippen LogP contribution in [0.2, 0.25) is 0 Å². The van der Waals surface area contributed by atoms with Crippen molar-refractivity contribution in [2.75, 3.05) is 29.1 Å². The molecule has 7 heteroatoms. The number of nitrogen functional groups attached to an aromatic ring is 1. The second-order valence-corrected chi connectivity index (χ2v) is 7.23. The predicted molar refractivity (Wildman–Crippen MR) is 88.4 cm³/mol. The minimum Gasteiger partial charge on any atom is -0.382 e. The van der Waals surface area contributed by atoms with Crippen molar-refractivity contribution in [3.63, 3.8) is 0 Å². The molecule has 0 atom stereocenters. The van der Waals surface area contributed by atoms with Crippen LogP contribution in [0.4, 0.5) is 10.9 Å². The van der Waals surface area contributed by atoms with E-state index < -0.39 is 0 Å². The zero-order chi connectivity index (χ0) is 15.2. The lowest BCUT2D eigenvalue weighted by atomic mass is 10.1. The van der Waals surface area contributed by atoms with E-state index in [1.54, 1.807) is 11.8 Å². The van der Waals surface area contributed by atoms with Gasteiger partial charge in [0.05, 0.1) is 5.75 Å². The monoisotopic (exact) mass is 312 g/mol. The Morgan fingerprint density at radius 2 is 2.25 bits per heavy atom. The average Bonchev–Trinajstić information content (AvgIpc) is 2.67. The van der Waals surface area contributed by atoms with E-state index in [1.807, 2.05) is 20.8 Å². The van der Waals surface area contributed by atoms with Crippen LogP contribution in [0.3, 0.4) is 0 Å². The van der Waals surface area contributed by atoms with Crippen LogP contribution in [0.5, 0.6) is 0 Å². The van der Waals surface area contributed by atoms with Gasteiger partial charge in [-0.2, -0.15) is 0 Å². The second-order valence-electron chi connectivity index (χ2n) is 5.12. The molecule has 1 heterocycles. The molecule has 0 aromatic carbocycles. The molecular weight excluding hydrogens is 292 g/mol. The van der Waals surface area contributed by atoms with Gasteiger partial charge in [-0.3, -0.25) is 4.79 Å². The van der Waals surface area contributed by atoms with E-state index in [0.717, 1.165) is 5.75 Å². The van der Waals surface area contributed by atoms with Gasteiger partial charge in [0.2, 0.25) is 0 Å². The first-order valence-electron chi connectivity index (χ1n) is 6.17. The number of hydrogen-bond acceptors (Lipinski definition) is 6. The summed E-state index contributed by atoms with van der Waals surface area (Å²) in [5, 5.41) is 6.67. The maximum atomic E-state index is 12.0. The highest BCUT2D eigenvalue weighted by atomic mass is 32.2. The number of nitrogens with zero attached hydrogens (tertiary/aromatic N) is 1. The van der Waals surface area contributed by atoms with Gasteiger partial charge in [0.15, 0.2) is 5.13 Å². The minimum absolute atomic E-state index is 0.121. The lowest BCUT2D eigenvalue weighted by molar-refractivity contribution is 0.0961. The van der Waals surface area contributed by atoms with Crippen LogP contribution in [0, 0.1) is 12.3 Å². The Hall–Kier alpha value is -1.39. The zero-order valence-electron chi connectivity index (χ0n) is 11.9. The predicted octanol–water partition coefficient (Wildman–Crippen LogP) is 2.03. The molecule has 0 aliphatic rings. The Bertz CT molecular complexity index is 499. The number of thiazole rings is 1. The van der Waals surface area contributed by atoms with Crippen LogP contribution in [0.1, 0.15) is 30.4 Å². The highest BCUT2D eigenvalue weighted by molar-refractivity contribution is 7.99. The Labute approximate surface area is 128 Å². The number of rotatable bonds is 6. The van der Waals surface area contributed by atoms with Gasteiger partial charge >= 0.3 is 0 Å². The largest absolute Gasteiger partial charge is 0.382 e. The van der Waals surface area contributed by atoms with E-state index in [0.29, 0.717) is 22.3 Å². The third-order valence-corrected chi connectivity index (χ3v) is 3.91. The fraction of sp³-hybridized carbons (Fsp3) is 0.538. The molecule has 0 radical (unpaired) electrons. The van der Waals surface area contributed by atoms with Gasteiger partial charge < -0.3 is 16.4 Å². The fourth-order valence-electron chi connectivity index (χ4n) is 1.32. The summed E-state index contributed by atoms with van der Waals surface area (Å²) < 4.78 is 0. The summed E-state index contributed by atoms with van der Waals surface area (Å²) >= 11 is 2.87. The van der Waals surface area contributed by atoms with Gasteiger partial charge in [-0.15, -0.1) is 18.2 Å². The molecule has 1 amide bonds. The van der Waals surface area contributed by atoms with Gasteiger partial charge in [-0.25, -0.2) is 4.98 Å². The number of aromatic nitrogens is 1. The van der Waals surface area contributed by atoms with E-state index >= 15 is 0 Å². The molecular formula is C13H20N4OS2. The Morgan fingerprint density at radius 3 is 2.85 bits per heavy atom. The summed E-state index contributed by atoms with van der Waals surface area (Å²) in [4.78, 5) is 16.6. The molecule has 5 nitrogen and oxygen atoms in total. The molecule has 0 saturated carbocycles. The molecule has 1 rings (SSSR count). The number of hydrogen-bond donors (Lipinski definition) is 3. The third kappa shape index (κ3) is 5.72. The van der Waals surface area contributed by atoms with Crippen LogP contribution < -0.4 is 16.4 Å². The van der Waals surface area contributed by atoms with Crippen molar-refractivity contribution >= 4 is 40.0 Å². The lowest BCUT2D eigenvalue weighted by Crippen LogP contribution is -2.26. The maximum absolute atomic E-state index is 12.0. The smallest absolute Gasteiger partial charge is 0.265 e. The van der Waals surface area contributed by atoms with Crippen LogP contribution in [0.15, 0.2) is 0 Å². The third-order valence-electron chi connectivity index (χ3n) is 2.06. The number of nitrogens with two attached hydrogens (primary N) is 1. The van der Waals surface area contributed by atoms with Crippen LogP contribution >= 0.6 is 23.1 Å². The highest BCUT2D eigenvalue weighted by Gasteiger charge is 2.18. The van der Waals surface area contributed by atoms with Crippen molar-refractivity contribution in [2.24, 2.45) is 0 Å². The lowest BCUT2D eigenvalue weighted by Gasteiger charge is -2.19. The standard InChI is InChI=1S/C13H20N4OS2/c1-5-7-19-8-6-15-11(18)9-10(14)16-12(20-9)17-13(2,3)4/h1H,6-8,14H2,2-4H3,(H,15,18)(H,16,17). The summed E-state index contributed by atoms with van der Waals surface area (Å²) in [5.74, 6) is 4.03. The highest BCUT2D eigenvalue weighted by Crippen LogP contribution is 2.26. The second kappa shape index (κ2) is 7.41. The first-order chi connectivity index (χ1) is 9.33. The first-order valence-corrected chi connectivity index (χ1v) is 8.14. The number of amides is 1. The van der Waals surface area contributed by atoms with E-state index in [-0.39, 0.29) is 17.3 Å². The van der Waals surface area contributed by atoms with E-state index in [9.17, 15) is 4.79 Å². The molecule has 1 aromatic heterocycles. The molecule has 0 bridgehead atoms. The SMILES string of the molecule is C#CCSCCNC(=O)c1sc(NC(C)(C)C)nc1N. The molecule has 0 saturated heterocycles. The Balaban J connectivity index is 2.54. The van der Waals surface area contributed by atoms with Crippen molar-refractivity contribution < 1.29 is 4.79 Å². The number of anilines is 2. The molecule has 0 spiro atoms. The van der Waals surface area contributed by atoms with Crippen molar-refractivity contribution in [1.82, 2.24) is 10.3 Å². The topological polar surface area (TPSA) is 80.0 Å². The number of carbonyl (C=O) groups is 1. The van der Waals surface area contributed by atoms with Crippen LogP contribution in [-0.4, -0.2) is 34.5 Å². The number of nitrogens with one attached hydrogen (secondary N) is 2. The molecule has 110 valence electrons. The van der Waals surface area contributed by atoms with E-state index in [4.69, 9.17) is 12.2 Å². The van der Waals surface area contributed by atoms with Crippen LogP contribution in [0.25, 0.3) is 0 Å². The maximum Gasteiger partial charge on any atom is 0.265 e. The molecule has 0 aliphatic carbocycles. The molecule has 0 fully saturated rings. The fourth-order valence-corrected chi connectivity index (χ4v) is 2.84. The minimum atomic E-state index is -0.191. The summed E-state index contributed by atoms with van der Waals surface area (Å²) in [7, 11) is 0. The molecule has 1 aromatic rings.